The summed E-state index contributed by atoms with van der Waals surface area (Å²) in [6.07, 6.45) is -0.0303. The number of hydrogen-bond acceptors (Lipinski definition) is 8. The highest BCUT2D eigenvalue weighted by Crippen LogP contribution is 2.37. The van der Waals surface area contributed by atoms with Crippen LogP contribution in [-0.4, -0.2) is 60.4 Å². The standard InChI is InChI=1S/C31H34BrNO8/c1-21(35)40-29(28-19-26(32)27(41-28)13-8-15-38-16-14-34)25(18-23-11-6-3-7-12-23)30(36)33-24(20-39-31(33)37)17-22-9-4-2-5-10-22/h2-7,9-12,19,24-25,29,34H,8,13-18,20H2,1H3/t24-,25-,29-/m0/s1. The van der Waals surface area contributed by atoms with E-state index in [2.05, 4.69) is 15.9 Å². The zero-order valence-corrected chi connectivity index (χ0v) is 24.5. The second-order valence-electron chi connectivity index (χ2n) is 9.81. The van der Waals surface area contributed by atoms with Gasteiger partial charge < -0.3 is 23.7 Å². The number of hydrogen-bond donors (Lipinski definition) is 1. The number of aliphatic hydroxyl groups excluding tert-OH is 1. The third-order valence-electron chi connectivity index (χ3n) is 6.77. The Bertz CT molecular complexity index is 1300. The molecule has 4 rings (SSSR count). The smallest absolute Gasteiger partial charge is 0.416 e. The molecule has 41 heavy (non-hydrogen) atoms. The van der Waals surface area contributed by atoms with Crippen LogP contribution in [-0.2, 0) is 43.1 Å². The summed E-state index contributed by atoms with van der Waals surface area (Å²) in [5.41, 5.74) is 1.80. The molecule has 0 unspecified atom stereocenters. The van der Waals surface area contributed by atoms with Crippen molar-refractivity contribution < 1.29 is 38.1 Å². The molecule has 2 heterocycles. The van der Waals surface area contributed by atoms with E-state index in [1.54, 1.807) is 6.07 Å². The van der Waals surface area contributed by atoms with Gasteiger partial charge in [-0.2, -0.15) is 0 Å². The van der Waals surface area contributed by atoms with E-state index in [1.807, 2.05) is 60.7 Å². The van der Waals surface area contributed by atoms with Gasteiger partial charge in [0, 0.05) is 20.0 Å². The Balaban J connectivity index is 1.65. The molecule has 3 aromatic rings. The average molecular weight is 629 g/mol. The minimum absolute atomic E-state index is 0.0493. The Morgan fingerprint density at radius 3 is 2.41 bits per heavy atom. The van der Waals surface area contributed by atoms with Crippen LogP contribution in [0.15, 0.2) is 75.6 Å². The van der Waals surface area contributed by atoms with Crippen molar-refractivity contribution in [2.24, 2.45) is 5.92 Å². The summed E-state index contributed by atoms with van der Waals surface area (Å²) < 4.78 is 23.2. The van der Waals surface area contributed by atoms with Gasteiger partial charge in [0.25, 0.3) is 0 Å². The minimum Gasteiger partial charge on any atom is -0.461 e. The minimum atomic E-state index is -1.10. The summed E-state index contributed by atoms with van der Waals surface area (Å²) in [5.74, 6) is -1.16. The molecule has 1 N–H and O–H groups in total. The molecule has 218 valence electrons. The Labute approximate surface area is 247 Å². The van der Waals surface area contributed by atoms with E-state index in [1.165, 1.54) is 6.92 Å². The molecule has 3 atom stereocenters. The van der Waals surface area contributed by atoms with Gasteiger partial charge in [-0.25, -0.2) is 9.69 Å². The number of nitrogens with zero attached hydrogens (tertiary/aromatic N) is 1. The maximum absolute atomic E-state index is 14.3. The van der Waals surface area contributed by atoms with Crippen molar-refractivity contribution >= 4 is 33.9 Å². The van der Waals surface area contributed by atoms with Crippen molar-refractivity contribution in [2.75, 3.05) is 26.4 Å². The summed E-state index contributed by atoms with van der Waals surface area (Å²) in [7, 11) is 0. The van der Waals surface area contributed by atoms with Gasteiger partial charge in [0.05, 0.1) is 29.6 Å². The Hall–Kier alpha value is -3.47. The maximum Gasteiger partial charge on any atom is 0.416 e. The van der Waals surface area contributed by atoms with Crippen LogP contribution < -0.4 is 0 Å². The molecule has 1 aliphatic rings. The van der Waals surface area contributed by atoms with E-state index in [0.29, 0.717) is 41.9 Å². The lowest BCUT2D eigenvalue weighted by Gasteiger charge is -2.29. The molecule has 2 amide bonds. The van der Waals surface area contributed by atoms with Gasteiger partial charge in [-0.3, -0.25) is 9.59 Å². The van der Waals surface area contributed by atoms with Gasteiger partial charge in [-0.15, -0.1) is 0 Å². The van der Waals surface area contributed by atoms with E-state index in [4.69, 9.17) is 23.7 Å². The fourth-order valence-corrected chi connectivity index (χ4v) is 5.40. The Kier molecular flexibility index (Phi) is 11.1. The fourth-order valence-electron chi connectivity index (χ4n) is 4.89. The third kappa shape index (κ3) is 8.28. The number of carbonyl (C=O) groups is 3. The number of aliphatic hydroxyl groups is 1. The first-order valence-corrected chi connectivity index (χ1v) is 14.4. The average Bonchev–Trinajstić information content (AvgIpc) is 3.52. The molecule has 0 saturated carbocycles. The van der Waals surface area contributed by atoms with Gasteiger partial charge in [-0.1, -0.05) is 60.7 Å². The summed E-state index contributed by atoms with van der Waals surface area (Å²) in [6, 6.07) is 20.1. The molecule has 0 aliphatic carbocycles. The molecule has 10 heteroatoms. The van der Waals surface area contributed by atoms with Crippen LogP contribution in [0.2, 0.25) is 0 Å². The van der Waals surface area contributed by atoms with Gasteiger partial charge in [-0.05, 0) is 52.4 Å². The number of imide groups is 1. The number of esters is 1. The van der Waals surface area contributed by atoms with Gasteiger partial charge in [0.15, 0.2) is 6.10 Å². The highest BCUT2D eigenvalue weighted by atomic mass is 79.9. The topological polar surface area (TPSA) is 116 Å². The first-order chi connectivity index (χ1) is 19.9. The molecule has 1 aliphatic heterocycles. The number of benzene rings is 2. The zero-order chi connectivity index (χ0) is 29.2. The number of rotatable bonds is 14. The third-order valence-corrected chi connectivity index (χ3v) is 7.44. The predicted octanol–water partition coefficient (Wildman–Crippen LogP) is 5.04. The Morgan fingerprint density at radius 1 is 1.07 bits per heavy atom. The van der Waals surface area contributed by atoms with Gasteiger partial charge >= 0.3 is 12.1 Å². The largest absolute Gasteiger partial charge is 0.461 e. The lowest BCUT2D eigenvalue weighted by molar-refractivity contribution is -0.155. The van der Waals surface area contributed by atoms with Crippen molar-refractivity contribution in [3.05, 3.63) is 93.9 Å². The predicted molar refractivity (Wildman–Crippen MR) is 153 cm³/mol. The van der Waals surface area contributed by atoms with E-state index < -0.39 is 36.0 Å². The van der Waals surface area contributed by atoms with Crippen LogP contribution in [0.1, 0.15) is 42.1 Å². The second kappa shape index (κ2) is 15.0. The first-order valence-electron chi connectivity index (χ1n) is 13.6. The summed E-state index contributed by atoms with van der Waals surface area (Å²) in [5, 5.41) is 8.90. The van der Waals surface area contributed by atoms with E-state index in [-0.39, 0.29) is 26.2 Å². The monoisotopic (exact) mass is 627 g/mol. The number of halogens is 1. The molecule has 2 aromatic carbocycles. The molecular formula is C31H34BrNO8. The number of cyclic esters (lactones) is 1. The number of amides is 2. The highest BCUT2D eigenvalue weighted by molar-refractivity contribution is 9.10. The lowest BCUT2D eigenvalue weighted by Crippen LogP contribution is -2.46. The summed E-state index contributed by atoms with van der Waals surface area (Å²) in [4.78, 5) is 40.7. The first kappa shape index (κ1) is 30.5. The molecule has 9 nitrogen and oxygen atoms in total. The SMILES string of the molecule is CC(=O)O[C@H](c1cc(Br)c(CCCOCCO)o1)[C@H](Cc1ccccc1)C(=O)N1C(=O)OC[C@@H]1Cc1ccccc1. The van der Waals surface area contributed by atoms with E-state index in [0.717, 1.165) is 16.0 Å². The molecule has 1 fully saturated rings. The van der Waals surface area contributed by atoms with Crippen molar-refractivity contribution in [1.29, 1.82) is 0 Å². The van der Waals surface area contributed by atoms with E-state index in [9.17, 15) is 14.4 Å². The zero-order valence-electron chi connectivity index (χ0n) is 22.9. The number of aryl methyl sites for hydroxylation is 1. The second-order valence-corrected chi connectivity index (χ2v) is 10.7. The molecular weight excluding hydrogens is 594 g/mol. The van der Waals surface area contributed by atoms with Crippen molar-refractivity contribution in [2.45, 2.75) is 44.8 Å². The number of ether oxygens (including phenoxy) is 3. The number of carbonyl (C=O) groups excluding carboxylic acids is 3. The molecule has 0 radical (unpaired) electrons. The van der Waals surface area contributed by atoms with Gasteiger partial charge in [0.2, 0.25) is 5.91 Å². The quantitative estimate of drug-likeness (QED) is 0.195. The molecule has 0 spiro atoms. The molecule has 1 aromatic heterocycles. The van der Waals surface area contributed by atoms with Gasteiger partial charge in [0.1, 0.15) is 18.1 Å². The molecule has 1 saturated heterocycles. The maximum atomic E-state index is 14.3. The normalized spacial score (nSPS) is 16.3. The van der Waals surface area contributed by atoms with Crippen molar-refractivity contribution in [1.82, 2.24) is 4.90 Å². The molecule has 0 bridgehead atoms. The van der Waals surface area contributed by atoms with E-state index >= 15 is 0 Å². The van der Waals surface area contributed by atoms with Crippen molar-refractivity contribution in [3.8, 4) is 0 Å². The van der Waals surface area contributed by atoms with Crippen molar-refractivity contribution in [3.63, 3.8) is 0 Å². The summed E-state index contributed by atoms with van der Waals surface area (Å²) >= 11 is 3.53. The lowest BCUT2D eigenvalue weighted by atomic mass is 9.90. The van der Waals surface area contributed by atoms with Crippen LogP contribution in [0.5, 0.6) is 0 Å². The number of furan rings is 1. The Morgan fingerprint density at radius 2 is 1.76 bits per heavy atom. The fraction of sp³-hybridized carbons (Fsp3) is 0.387. The van der Waals surface area contributed by atoms with Crippen LogP contribution >= 0.6 is 15.9 Å². The van der Waals surface area contributed by atoms with Crippen LogP contribution in [0.3, 0.4) is 0 Å². The summed E-state index contributed by atoms with van der Waals surface area (Å²) in [6.45, 7) is 1.99. The highest BCUT2D eigenvalue weighted by Gasteiger charge is 2.45. The van der Waals surface area contributed by atoms with Crippen LogP contribution in [0, 0.1) is 5.92 Å². The van der Waals surface area contributed by atoms with Crippen LogP contribution in [0.25, 0.3) is 0 Å². The van der Waals surface area contributed by atoms with Crippen LogP contribution in [0.4, 0.5) is 4.79 Å².